The molecule has 1 aliphatic rings. The summed E-state index contributed by atoms with van der Waals surface area (Å²) in [7, 11) is 0. The first kappa shape index (κ1) is 3.97. The number of nitrogens with zero attached hydrogens (tertiary/aromatic N) is 4. The van der Waals surface area contributed by atoms with Crippen LogP contribution < -0.4 is 0 Å². The Hall–Kier alpha value is -0.200. The highest BCUT2D eigenvalue weighted by molar-refractivity contribution is 14.1. The van der Waals surface area contributed by atoms with E-state index in [2.05, 4.69) is 20.7 Å². The molecular weight excluding hydrogens is 195 g/mol. The summed E-state index contributed by atoms with van der Waals surface area (Å²) in [5, 5.41) is 13.3. The van der Waals surface area contributed by atoms with Crippen molar-refractivity contribution in [3.63, 3.8) is 0 Å². The van der Waals surface area contributed by atoms with Crippen molar-refractivity contribution in [1.82, 2.24) is 0 Å². The predicted molar refractivity (Wildman–Crippen MR) is 27.0 cm³/mol. The lowest BCUT2D eigenvalue weighted by Crippen LogP contribution is -1.58. The molecule has 0 N–H and O–H groups in total. The SMILES string of the molecule is I[C+]1N=NN=N1. The van der Waals surface area contributed by atoms with Crippen LogP contribution in [0.1, 0.15) is 0 Å². The third-order valence-corrected chi connectivity index (χ3v) is 0.726. The van der Waals surface area contributed by atoms with E-state index in [0.717, 1.165) is 0 Å². The van der Waals surface area contributed by atoms with E-state index in [4.69, 9.17) is 0 Å². The molecule has 0 unspecified atom stereocenters. The molecule has 0 atom stereocenters. The molecule has 0 amide bonds. The van der Waals surface area contributed by atoms with Gasteiger partial charge in [0.15, 0.2) is 0 Å². The van der Waals surface area contributed by atoms with E-state index in [-0.39, 0.29) is 0 Å². The van der Waals surface area contributed by atoms with Crippen molar-refractivity contribution >= 4 is 22.6 Å². The second-order valence-corrected chi connectivity index (χ2v) is 1.61. The average molecular weight is 195 g/mol. The van der Waals surface area contributed by atoms with E-state index in [9.17, 15) is 0 Å². The van der Waals surface area contributed by atoms with Gasteiger partial charge >= 0.3 is 4.17 Å². The van der Waals surface area contributed by atoms with Gasteiger partial charge in [-0.25, -0.2) is 0 Å². The fraction of sp³-hybridized carbons (Fsp3) is 0. The third kappa shape index (κ3) is 0.644. The minimum Gasteiger partial charge on any atom is 0.0249 e. The third-order valence-electron chi connectivity index (χ3n) is 0.294. The van der Waals surface area contributed by atoms with Gasteiger partial charge in [0.1, 0.15) is 0 Å². The molecule has 6 heavy (non-hydrogen) atoms. The van der Waals surface area contributed by atoms with Crippen LogP contribution >= 0.6 is 22.6 Å². The summed E-state index contributed by atoms with van der Waals surface area (Å²) in [6.07, 6.45) is 0. The van der Waals surface area contributed by atoms with Gasteiger partial charge in [0.05, 0.1) is 10.2 Å². The van der Waals surface area contributed by atoms with Gasteiger partial charge in [0.25, 0.3) is 22.6 Å². The van der Waals surface area contributed by atoms with Crippen LogP contribution in [0.3, 0.4) is 0 Å². The molecule has 0 spiro atoms. The number of halogens is 1. The van der Waals surface area contributed by atoms with Crippen molar-refractivity contribution in [3.8, 4) is 0 Å². The maximum atomic E-state index is 3.43. The first-order valence-electron chi connectivity index (χ1n) is 1.24. The molecule has 0 aromatic heterocycles. The zero-order valence-corrected chi connectivity index (χ0v) is 4.82. The lowest BCUT2D eigenvalue weighted by Gasteiger charge is -1.51. The minimum atomic E-state index is 0.590. The van der Waals surface area contributed by atoms with Gasteiger partial charge in [0, 0.05) is 10.4 Å². The molecular formula is CIN4+. The van der Waals surface area contributed by atoms with Gasteiger partial charge in [-0.15, -0.1) is 0 Å². The van der Waals surface area contributed by atoms with Crippen LogP contribution in [0, 0.1) is 4.17 Å². The Kier molecular flexibility index (Phi) is 0.992. The fourth-order valence-corrected chi connectivity index (χ4v) is 0.327. The Morgan fingerprint density at radius 3 is 1.83 bits per heavy atom. The molecule has 0 fully saturated rings. The predicted octanol–water partition coefficient (Wildman–Crippen LogP) is 1.70. The molecule has 4 nitrogen and oxygen atoms in total. The zero-order chi connectivity index (χ0) is 4.41. The molecule has 1 heterocycles. The van der Waals surface area contributed by atoms with Crippen molar-refractivity contribution in [2.75, 3.05) is 0 Å². The van der Waals surface area contributed by atoms with Gasteiger partial charge in [-0.2, -0.15) is 0 Å². The molecule has 0 bridgehead atoms. The first-order chi connectivity index (χ1) is 2.89. The Bertz CT molecular complexity index is 83.7. The molecule has 0 saturated heterocycles. The summed E-state index contributed by atoms with van der Waals surface area (Å²) in [4.78, 5) is 0. The molecule has 0 saturated carbocycles. The van der Waals surface area contributed by atoms with E-state index in [1.165, 1.54) is 0 Å². The van der Waals surface area contributed by atoms with Crippen LogP contribution in [0.2, 0.25) is 0 Å². The summed E-state index contributed by atoms with van der Waals surface area (Å²) in [6, 6.07) is 0. The van der Waals surface area contributed by atoms with Gasteiger partial charge < -0.3 is 0 Å². The standard InChI is InChI=1S/CIN4/c2-1-3-5-6-4-1/q+1. The molecule has 1 rings (SSSR count). The summed E-state index contributed by atoms with van der Waals surface area (Å²) < 4.78 is 0.590. The quantitative estimate of drug-likeness (QED) is 0.321. The second-order valence-electron chi connectivity index (χ2n) is 0.648. The first-order valence-corrected chi connectivity index (χ1v) is 2.31. The fourth-order valence-electron chi connectivity index (χ4n) is 0.134. The highest BCUT2D eigenvalue weighted by Crippen LogP contribution is 2.19. The lowest BCUT2D eigenvalue weighted by atomic mass is 11.2. The largest absolute Gasteiger partial charge is 0.469 e. The Labute approximate surface area is 47.9 Å². The Balaban J connectivity index is 2.60. The molecule has 1 aliphatic heterocycles. The van der Waals surface area contributed by atoms with Crippen molar-refractivity contribution in [2.45, 2.75) is 0 Å². The van der Waals surface area contributed by atoms with Gasteiger partial charge in [-0.3, -0.25) is 0 Å². The van der Waals surface area contributed by atoms with Gasteiger partial charge in [-0.1, -0.05) is 0 Å². The van der Waals surface area contributed by atoms with E-state index in [1.807, 2.05) is 22.6 Å². The molecule has 0 aliphatic carbocycles. The molecule has 0 aromatic rings. The molecule has 5 heteroatoms. The van der Waals surface area contributed by atoms with Crippen LogP contribution in [-0.4, -0.2) is 0 Å². The van der Waals surface area contributed by atoms with Crippen LogP contribution in [0.5, 0.6) is 0 Å². The van der Waals surface area contributed by atoms with Crippen molar-refractivity contribution < 1.29 is 0 Å². The maximum absolute atomic E-state index is 3.43. The number of hydrogen-bond acceptors (Lipinski definition) is 4. The lowest BCUT2D eigenvalue weighted by molar-refractivity contribution is 1.06. The van der Waals surface area contributed by atoms with Crippen molar-refractivity contribution in [2.24, 2.45) is 20.7 Å². The Morgan fingerprint density at radius 1 is 1.17 bits per heavy atom. The Morgan fingerprint density at radius 2 is 1.67 bits per heavy atom. The van der Waals surface area contributed by atoms with Gasteiger partial charge in [-0.05, 0) is 0 Å². The van der Waals surface area contributed by atoms with Crippen molar-refractivity contribution in [1.29, 1.82) is 0 Å². The zero-order valence-electron chi connectivity index (χ0n) is 2.67. The summed E-state index contributed by atoms with van der Waals surface area (Å²) in [5.74, 6) is 0. The van der Waals surface area contributed by atoms with Crippen LogP contribution in [-0.2, 0) is 0 Å². The topological polar surface area (TPSA) is 49.4 Å². The molecule has 0 aromatic carbocycles. The highest BCUT2D eigenvalue weighted by Gasteiger charge is 2.19. The smallest absolute Gasteiger partial charge is 0.0249 e. The van der Waals surface area contributed by atoms with E-state index < -0.39 is 0 Å². The average Bonchev–Trinajstić information content (AvgIpc) is 1.86. The van der Waals surface area contributed by atoms with Crippen LogP contribution in [0.15, 0.2) is 20.7 Å². The normalized spacial score (nSPS) is 17.2. The summed E-state index contributed by atoms with van der Waals surface area (Å²) >= 11 is 1.93. The molecule has 30 valence electrons. The highest BCUT2D eigenvalue weighted by atomic mass is 127. The number of hydrogen-bond donors (Lipinski definition) is 0. The molecule has 0 radical (unpaired) electrons. The summed E-state index contributed by atoms with van der Waals surface area (Å²) in [5.41, 5.74) is 0. The summed E-state index contributed by atoms with van der Waals surface area (Å²) in [6.45, 7) is 0. The van der Waals surface area contributed by atoms with Crippen LogP contribution in [0.4, 0.5) is 0 Å². The van der Waals surface area contributed by atoms with E-state index in [1.54, 1.807) is 0 Å². The van der Waals surface area contributed by atoms with E-state index in [0.29, 0.717) is 4.17 Å². The monoisotopic (exact) mass is 195 g/mol. The van der Waals surface area contributed by atoms with Crippen molar-refractivity contribution in [3.05, 3.63) is 4.17 Å². The second kappa shape index (κ2) is 1.50. The number of rotatable bonds is 0. The van der Waals surface area contributed by atoms with Crippen LogP contribution in [0.25, 0.3) is 0 Å². The van der Waals surface area contributed by atoms with Gasteiger partial charge in [0.2, 0.25) is 0 Å². The van der Waals surface area contributed by atoms with E-state index >= 15 is 0 Å². The minimum absolute atomic E-state index is 0.590. The maximum Gasteiger partial charge on any atom is 0.469 e.